The smallest absolute Gasteiger partial charge is 0.317 e. The molecule has 0 bridgehead atoms. The number of nitrogens with two attached hydrogens (primary N) is 1. The topological polar surface area (TPSA) is 85.8 Å². The van der Waals surface area contributed by atoms with Crippen LogP contribution in [0.25, 0.3) is 0 Å². The number of aromatic nitrogens is 2. The van der Waals surface area contributed by atoms with Crippen LogP contribution in [0, 0.1) is 5.82 Å². The highest BCUT2D eigenvalue weighted by atomic mass is 19.3. The van der Waals surface area contributed by atoms with Crippen LogP contribution in [0.3, 0.4) is 0 Å². The van der Waals surface area contributed by atoms with Crippen LogP contribution in [0.1, 0.15) is 24.6 Å². The van der Waals surface area contributed by atoms with Gasteiger partial charge >= 0.3 is 6.01 Å². The fraction of sp³-hybridized carbons (Fsp3) is 0.250. The number of hydrogen-bond acceptors (Lipinski definition) is 6. The minimum Gasteiger partial charge on any atom is -0.457 e. The maximum absolute atomic E-state index is 13.2. The van der Waals surface area contributed by atoms with Crippen molar-refractivity contribution < 1.29 is 26.7 Å². The van der Waals surface area contributed by atoms with Crippen molar-refractivity contribution in [1.82, 2.24) is 9.97 Å². The lowest BCUT2D eigenvalue weighted by molar-refractivity contribution is 0.0119. The molecule has 2 aromatic rings. The minimum atomic E-state index is -3.17. The maximum atomic E-state index is 13.2. The first-order valence-electron chi connectivity index (χ1n) is 7.43. The maximum Gasteiger partial charge on any atom is 0.317 e. The Balaban J connectivity index is 2.07. The molecule has 1 aromatic heterocycles. The second-order valence-corrected chi connectivity index (χ2v) is 5.29. The predicted molar refractivity (Wildman–Crippen MR) is 88.2 cm³/mol. The van der Waals surface area contributed by atoms with Crippen molar-refractivity contribution in [2.24, 2.45) is 15.9 Å². The van der Waals surface area contributed by atoms with Crippen molar-refractivity contribution in [2.45, 2.75) is 19.3 Å². The van der Waals surface area contributed by atoms with E-state index in [2.05, 4.69) is 20.1 Å². The number of alkyl halides is 4. The van der Waals surface area contributed by atoms with Gasteiger partial charge in [-0.15, -0.1) is 0 Å². The fourth-order valence-corrected chi connectivity index (χ4v) is 1.83. The van der Waals surface area contributed by atoms with E-state index in [4.69, 9.17) is 10.6 Å². The highest BCUT2D eigenvalue weighted by Crippen LogP contribution is 2.26. The second-order valence-electron chi connectivity index (χ2n) is 5.29. The van der Waals surface area contributed by atoms with Crippen LogP contribution in [0.4, 0.5) is 27.6 Å². The third-order valence-corrected chi connectivity index (χ3v) is 3.18. The molecule has 0 saturated carbocycles. The van der Waals surface area contributed by atoms with Crippen LogP contribution in [0.2, 0.25) is 0 Å². The molecule has 27 heavy (non-hydrogen) atoms. The Bertz CT molecular complexity index is 851. The van der Waals surface area contributed by atoms with E-state index in [-0.39, 0.29) is 24.0 Å². The largest absolute Gasteiger partial charge is 0.457 e. The second kappa shape index (κ2) is 8.52. The highest BCUT2D eigenvalue weighted by Gasteiger charge is 2.26. The molecule has 11 heteroatoms. The summed E-state index contributed by atoms with van der Waals surface area (Å²) in [7, 11) is 0. The summed E-state index contributed by atoms with van der Waals surface area (Å²) in [5, 5.41) is 3.38. The van der Waals surface area contributed by atoms with Crippen molar-refractivity contribution in [3.05, 3.63) is 47.5 Å². The number of rotatable bonds is 7. The Morgan fingerprint density at radius 2 is 2.07 bits per heavy atom. The van der Waals surface area contributed by atoms with E-state index in [1.54, 1.807) is 0 Å². The van der Waals surface area contributed by atoms with E-state index >= 15 is 0 Å². The number of ether oxygens (including phenoxy) is 1. The van der Waals surface area contributed by atoms with Crippen LogP contribution < -0.4 is 10.6 Å². The van der Waals surface area contributed by atoms with Crippen LogP contribution >= 0.6 is 0 Å². The summed E-state index contributed by atoms with van der Waals surface area (Å²) in [6, 6.07) is 3.63. The lowest BCUT2D eigenvalue weighted by Gasteiger charge is -2.10. The van der Waals surface area contributed by atoms with Gasteiger partial charge in [-0.2, -0.15) is 18.9 Å². The Morgan fingerprint density at radius 1 is 1.33 bits per heavy atom. The molecule has 0 saturated heterocycles. The SMILES string of the molecule is CC(F)(F)c1ccnc(OCC(C=Nc2ccc(F)c(C(F)F)c2)=NN)n1. The average molecular weight is 387 g/mol. The van der Waals surface area contributed by atoms with Gasteiger partial charge in [-0.25, -0.2) is 18.2 Å². The molecule has 1 heterocycles. The van der Waals surface area contributed by atoms with E-state index in [0.29, 0.717) is 6.92 Å². The highest BCUT2D eigenvalue weighted by molar-refractivity contribution is 6.31. The predicted octanol–water partition coefficient (Wildman–Crippen LogP) is 3.76. The van der Waals surface area contributed by atoms with Gasteiger partial charge in [-0.1, -0.05) is 0 Å². The van der Waals surface area contributed by atoms with Gasteiger partial charge in [0.25, 0.3) is 12.3 Å². The van der Waals surface area contributed by atoms with Crippen molar-refractivity contribution in [3.8, 4) is 6.01 Å². The summed E-state index contributed by atoms with van der Waals surface area (Å²) in [5.74, 6) is 0.959. The van der Waals surface area contributed by atoms with E-state index in [0.717, 1.165) is 30.6 Å². The summed E-state index contributed by atoms with van der Waals surface area (Å²) in [6.45, 7) is 0.358. The van der Waals surface area contributed by atoms with Crippen LogP contribution in [0.15, 0.2) is 40.6 Å². The summed E-state index contributed by atoms with van der Waals surface area (Å²) in [6.07, 6.45) is -0.791. The zero-order chi connectivity index (χ0) is 20.0. The number of nitrogens with zero attached hydrogens (tertiary/aromatic N) is 4. The van der Waals surface area contributed by atoms with Gasteiger partial charge in [0.15, 0.2) is 0 Å². The molecule has 0 fully saturated rings. The van der Waals surface area contributed by atoms with Gasteiger partial charge in [-0.05, 0) is 24.3 Å². The molecule has 0 aliphatic carbocycles. The standard InChI is InChI=1S/C16H14F5N5O/c1-16(20,21)13-4-5-23-15(25-13)27-8-10(26-22)7-24-9-2-3-12(17)11(6-9)14(18)19/h2-7,14H,8,22H2,1H3. The third kappa shape index (κ3) is 5.69. The molecule has 0 aliphatic rings. The summed E-state index contributed by atoms with van der Waals surface area (Å²) in [4.78, 5) is 11.1. The average Bonchev–Trinajstić information content (AvgIpc) is 2.62. The zero-order valence-corrected chi connectivity index (χ0v) is 13.9. The minimum absolute atomic E-state index is 0.0372. The molecular weight excluding hydrogens is 373 g/mol. The number of halogens is 5. The van der Waals surface area contributed by atoms with Crippen LogP contribution in [0.5, 0.6) is 6.01 Å². The molecule has 1 aromatic carbocycles. The normalized spacial score (nSPS) is 12.8. The number of aliphatic imine (C=N–C) groups is 1. The lowest BCUT2D eigenvalue weighted by Crippen LogP contribution is -2.17. The number of benzene rings is 1. The van der Waals surface area contributed by atoms with E-state index in [1.165, 1.54) is 6.07 Å². The van der Waals surface area contributed by atoms with Gasteiger partial charge < -0.3 is 10.6 Å². The van der Waals surface area contributed by atoms with Gasteiger partial charge in [0, 0.05) is 13.1 Å². The Hall–Kier alpha value is -3.11. The monoisotopic (exact) mass is 387 g/mol. The molecule has 0 radical (unpaired) electrons. The molecule has 144 valence electrons. The Labute approximate surface area is 150 Å². The zero-order valence-electron chi connectivity index (χ0n) is 13.9. The van der Waals surface area contributed by atoms with Crippen molar-refractivity contribution in [1.29, 1.82) is 0 Å². The molecule has 0 aliphatic heterocycles. The molecule has 0 spiro atoms. The Morgan fingerprint density at radius 3 is 2.70 bits per heavy atom. The quantitative estimate of drug-likeness (QED) is 0.339. The number of hydrazone groups is 1. The van der Waals surface area contributed by atoms with Gasteiger partial charge in [-0.3, -0.25) is 4.99 Å². The van der Waals surface area contributed by atoms with Crippen molar-refractivity contribution in [2.75, 3.05) is 6.61 Å². The fourth-order valence-electron chi connectivity index (χ4n) is 1.83. The Kier molecular flexibility index (Phi) is 6.37. The first kappa shape index (κ1) is 20.2. The van der Waals surface area contributed by atoms with Gasteiger partial charge in [0.2, 0.25) is 0 Å². The third-order valence-electron chi connectivity index (χ3n) is 3.18. The summed E-state index contributed by atoms with van der Waals surface area (Å²) in [5.41, 5.74) is -1.25. The van der Waals surface area contributed by atoms with Crippen molar-refractivity contribution in [3.63, 3.8) is 0 Å². The molecular formula is C16H14F5N5O. The van der Waals surface area contributed by atoms with E-state index in [9.17, 15) is 22.0 Å². The summed E-state index contributed by atoms with van der Waals surface area (Å²) < 4.78 is 70.2. The molecule has 0 atom stereocenters. The van der Waals surface area contributed by atoms with Gasteiger partial charge in [0.05, 0.1) is 17.5 Å². The summed E-state index contributed by atoms with van der Waals surface area (Å²) >= 11 is 0. The molecule has 2 rings (SSSR count). The van der Waals surface area contributed by atoms with E-state index in [1.807, 2.05) is 0 Å². The van der Waals surface area contributed by atoms with E-state index < -0.39 is 29.4 Å². The van der Waals surface area contributed by atoms with Crippen LogP contribution in [-0.2, 0) is 5.92 Å². The molecule has 6 nitrogen and oxygen atoms in total. The first-order chi connectivity index (χ1) is 12.7. The molecule has 2 N–H and O–H groups in total. The van der Waals surface area contributed by atoms with Gasteiger partial charge in [0.1, 0.15) is 23.8 Å². The molecule has 0 amide bonds. The number of hydrogen-bond donors (Lipinski definition) is 1. The molecule has 0 unspecified atom stereocenters. The lowest BCUT2D eigenvalue weighted by atomic mass is 10.2. The van der Waals surface area contributed by atoms with Crippen molar-refractivity contribution >= 4 is 17.6 Å². The first-order valence-corrected chi connectivity index (χ1v) is 7.43. The van der Waals surface area contributed by atoms with Crippen LogP contribution in [-0.4, -0.2) is 28.5 Å².